The Labute approximate surface area is 276 Å². The Morgan fingerprint density at radius 3 is 2.48 bits per heavy atom. The Hall–Kier alpha value is -2.89. The highest BCUT2D eigenvalue weighted by Gasteiger charge is 2.31. The number of nitrogens with one attached hydrogen (secondary N) is 2. The number of anilines is 1. The van der Waals surface area contributed by atoms with Gasteiger partial charge in [0.25, 0.3) is 5.91 Å². The Morgan fingerprint density at radius 1 is 1.07 bits per heavy atom. The molecule has 0 unspecified atom stereocenters. The molecule has 4 amide bonds. The van der Waals surface area contributed by atoms with Crippen molar-refractivity contribution >= 4 is 23.5 Å². The number of amides is 4. The molecule has 1 aromatic carbocycles. The van der Waals surface area contributed by atoms with E-state index in [1.165, 1.54) is 6.42 Å². The Bertz CT molecular complexity index is 1110. The minimum Gasteiger partial charge on any atom is -0.490 e. The van der Waals surface area contributed by atoms with Gasteiger partial charge >= 0.3 is 6.03 Å². The first-order valence-corrected chi connectivity index (χ1v) is 17.3. The van der Waals surface area contributed by atoms with E-state index >= 15 is 0 Å². The van der Waals surface area contributed by atoms with Crippen molar-refractivity contribution in [1.82, 2.24) is 20.0 Å². The zero-order valence-corrected chi connectivity index (χ0v) is 29.1. The van der Waals surface area contributed by atoms with Gasteiger partial charge in [-0.2, -0.15) is 0 Å². The molecule has 3 N–H and O–H groups in total. The predicted molar refractivity (Wildman–Crippen MR) is 181 cm³/mol. The number of likely N-dealkylation sites (N-methyl/N-ethyl adjacent to an activating group) is 1. The van der Waals surface area contributed by atoms with Crippen LogP contribution >= 0.6 is 0 Å². The summed E-state index contributed by atoms with van der Waals surface area (Å²) in [6.07, 6.45) is 8.68. The smallest absolute Gasteiger partial charge is 0.317 e. The molecule has 4 atom stereocenters. The van der Waals surface area contributed by atoms with E-state index in [2.05, 4.69) is 10.6 Å². The number of carbonyl (C=O) groups excluding carboxylic acids is 3. The van der Waals surface area contributed by atoms with Crippen molar-refractivity contribution in [3.8, 4) is 5.75 Å². The number of nitrogens with zero attached hydrogens (tertiary/aromatic N) is 3. The van der Waals surface area contributed by atoms with E-state index in [4.69, 9.17) is 9.47 Å². The summed E-state index contributed by atoms with van der Waals surface area (Å²) in [5.41, 5.74) is 0.861. The molecule has 1 heterocycles. The first kappa shape index (κ1) is 37.6. The van der Waals surface area contributed by atoms with Crippen molar-refractivity contribution in [2.45, 2.75) is 109 Å². The maximum absolute atomic E-state index is 14.3. The number of aliphatic hydroxyl groups is 1. The third-order valence-corrected chi connectivity index (χ3v) is 9.08. The third kappa shape index (κ3) is 12.0. The van der Waals surface area contributed by atoms with Crippen LogP contribution in [0.15, 0.2) is 18.2 Å². The highest BCUT2D eigenvalue weighted by molar-refractivity contribution is 5.99. The van der Waals surface area contributed by atoms with Crippen LogP contribution in [0.2, 0.25) is 0 Å². The molecule has 1 fully saturated rings. The largest absolute Gasteiger partial charge is 0.490 e. The van der Waals surface area contributed by atoms with Crippen LogP contribution in [0.5, 0.6) is 5.75 Å². The van der Waals surface area contributed by atoms with Crippen LogP contribution in [0.4, 0.5) is 10.5 Å². The standard InChI is InChI=1S/C35H59N5O6/c1-25-22-40(26(2)24-41)34(43)30-21-29(36-33(42)16-12-19-38(4)5)17-18-31(30)46-27(3)13-10-11-20-45-32(25)23-39(6)35(44)37-28-14-8-7-9-15-28/h17-18,21,25-28,32,41H,7-16,19-20,22-24H2,1-6H3,(H,36,42)(H,37,44)/t25-,26+,27+,32-/m1/s1. The van der Waals surface area contributed by atoms with Gasteiger partial charge in [-0.25, -0.2) is 4.79 Å². The van der Waals surface area contributed by atoms with Crippen LogP contribution < -0.4 is 15.4 Å². The predicted octanol–water partition coefficient (Wildman–Crippen LogP) is 4.74. The number of benzene rings is 1. The molecule has 3 rings (SSSR count). The molecule has 11 nitrogen and oxygen atoms in total. The average Bonchev–Trinajstić information content (AvgIpc) is 3.02. The van der Waals surface area contributed by atoms with E-state index in [1.807, 2.05) is 39.8 Å². The lowest BCUT2D eigenvalue weighted by molar-refractivity contribution is -0.116. The molecule has 11 heteroatoms. The van der Waals surface area contributed by atoms with Gasteiger partial charge in [-0.3, -0.25) is 9.59 Å². The zero-order chi connectivity index (χ0) is 33.6. The van der Waals surface area contributed by atoms with Crippen LogP contribution in [-0.2, 0) is 9.53 Å². The quantitative estimate of drug-likeness (QED) is 0.336. The van der Waals surface area contributed by atoms with Gasteiger partial charge < -0.3 is 39.9 Å². The van der Waals surface area contributed by atoms with Gasteiger partial charge in [0, 0.05) is 50.8 Å². The van der Waals surface area contributed by atoms with E-state index in [0.29, 0.717) is 43.1 Å². The van der Waals surface area contributed by atoms with Crippen molar-refractivity contribution < 1.29 is 29.0 Å². The number of carbonyl (C=O) groups is 3. The molecule has 260 valence electrons. The summed E-state index contributed by atoms with van der Waals surface area (Å²) in [5, 5.41) is 16.3. The van der Waals surface area contributed by atoms with Gasteiger partial charge in [-0.1, -0.05) is 26.2 Å². The third-order valence-electron chi connectivity index (χ3n) is 9.08. The highest BCUT2D eigenvalue weighted by Crippen LogP contribution is 2.29. The highest BCUT2D eigenvalue weighted by atomic mass is 16.5. The molecule has 0 bridgehead atoms. The van der Waals surface area contributed by atoms with Crippen LogP contribution in [0.1, 0.15) is 95.3 Å². The number of hydrogen-bond donors (Lipinski definition) is 3. The molecule has 0 spiro atoms. The summed E-state index contributed by atoms with van der Waals surface area (Å²) >= 11 is 0. The van der Waals surface area contributed by atoms with Gasteiger partial charge in [0.15, 0.2) is 0 Å². The number of rotatable bonds is 10. The second-order valence-electron chi connectivity index (χ2n) is 13.6. The SMILES string of the molecule is C[C@@H]1CN([C@@H](C)CO)C(=O)c2cc(NC(=O)CCCN(C)C)ccc2O[C@@H](C)CCCCO[C@@H]1CN(C)C(=O)NC1CCCCC1. The first-order chi connectivity index (χ1) is 22.0. The molecular formula is C35H59N5O6. The second-order valence-corrected chi connectivity index (χ2v) is 13.6. The van der Waals surface area contributed by atoms with Gasteiger partial charge in [0.05, 0.1) is 30.4 Å². The zero-order valence-electron chi connectivity index (χ0n) is 29.1. The Kier molecular flexibility index (Phi) is 15.6. The number of ether oxygens (including phenoxy) is 2. The minimum absolute atomic E-state index is 0.102. The Morgan fingerprint density at radius 2 is 1.78 bits per heavy atom. The lowest BCUT2D eigenvalue weighted by atomic mass is 9.96. The van der Waals surface area contributed by atoms with Gasteiger partial charge in [-0.15, -0.1) is 0 Å². The van der Waals surface area contributed by atoms with Crippen molar-refractivity contribution in [2.24, 2.45) is 5.92 Å². The van der Waals surface area contributed by atoms with E-state index in [-0.39, 0.29) is 48.6 Å². The van der Waals surface area contributed by atoms with Crippen molar-refractivity contribution in [1.29, 1.82) is 0 Å². The maximum Gasteiger partial charge on any atom is 0.317 e. The molecule has 46 heavy (non-hydrogen) atoms. The summed E-state index contributed by atoms with van der Waals surface area (Å²) in [7, 11) is 5.74. The molecule has 1 saturated carbocycles. The monoisotopic (exact) mass is 645 g/mol. The van der Waals surface area contributed by atoms with E-state index in [1.54, 1.807) is 35.0 Å². The molecule has 1 aliphatic heterocycles. The second kappa shape index (κ2) is 19.1. The van der Waals surface area contributed by atoms with E-state index < -0.39 is 6.04 Å². The normalized spacial score (nSPS) is 22.7. The van der Waals surface area contributed by atoms with E-state index in [9.17, 15) is 19.5 Å². The van der Waals surface area contributed by atoms with Crippen molar-refractivity contribution in [3.63, 3.8) is 0 Å². The fourth-order valence-corrected chi connectivity index (χ4v) is 6.13. The van der Waals surface area contributed by atoms with Crippen molar-refractivity contribution in [3.05, 3.63) is 23.8 Å². The summed E-state index contributed by atoms with van der Waals surface area (Å²) in [6, 6.07) is 4.83. The molecule has 1 aliphatic carbocycles. The van der Waals surface area contributed by atoms with Crippen LogP contribution in [0, 0.1) is 5.92 Å². The molecule has 0 radical (unpaired) electrons. The fraction of sp³-hybridized carbons (Fsp3) is 0.743. The molecule has 2 aliphatic rings. The summed E-state index contributed by atoms with van der Waals surface area (Å²) in [6.45, 7) is 7.64. The van der Waals surface area contributed by atoms with Gasteiger partial charge in [0.1, 0.15) is 5.75 Å². The van der Waals surface area contributed by atoms with Gasteiger partial charge in [0.2, 0.25) is 5.91 Å². The summed E-state index contributed by atoms with van der Waals surface area (Å²) < 4.78 is 12.7. The fourth-order valence-electron chi connectivity index (χ4n) is 6.13. The number of urea groups is 1. The number of aliphatic hydroxyl groups excluding tert-OH is 1. The number of hydrogen-bond acceptors (Lipinski definition) is 7. The average molecular weight is 646 g/mol. The lowest BCUT2D eigenvalue weighted by Gasteiger charge is -2.36. The summed E-state index contributed by atoms with van der Waals surface area (Å²) in [5.74, 6) is -0.0997. The first-order valence-electron chi connectivity index (χ1n) is 17.3. The van der Waals surface area contributed by atoms with Crippen molar-refractivity contribution in [2.75, 3.05) is 59.3 Å². The van der Waals surface area contributed by atoms with Crippen LogP contribution in [0.3, 0.4) is 0 Å². The summed E-state index contributed by atoms with van der Waals surface area (Å²) in [4.78, 5) is 45.5. The molecule has 0 saturated heterocycles. The minimum atomic E-state index is -0.481. The molecule has 1 aromatic rings. The molecule has 0 aromatic heterocycles. The molecular weight excluding hydrogens is 586 g/mol. The topological polar surface area (TPSA) is 124 Å². The van der Waals surface area contributed by atoms with Crippen LogP contribution in [-0.4, -0.2) is 116 Å². The lowest BCUT2D eigenvalue weighted by Crippen LogP contribution is -2.50. The maximum atomic E-state index is 14.3. The van der Waals surface area contributed by atoms with E-state index in [0.717, 1.165) is 57.9 Å². The van der Waals surface area contributed by atoms with Crippen LogP contribution in [0.25, 0.3) is 0 Å². The number of fused-ring (bicyclic) bond motifs is 1. The van der Waals surface area contributed by atoms with Gasteiger partial charge in [-0.05, 0) is 91.2 Å². The Balaban J connectivity index is 1.84.